The maximum Gasteiger partial charge on any atom is 0.221 e. The molecule has 0 rings (SSSR count). The van der Waals surface area contributed by atoms with Gasteiger partial charge < -0.3 is 20.9 Å². The first-order chi connectivity index (χ1) is 20.1. The molecule has 6 nitrogen and oxygen atoms in total. The van der Waals surface area contributed by atoms with Gasteiger partial charge in [0.2, 0.25) is 11.8 Å². The van der Waals surface area contributed by atoms with E-state index in [-0.39, 0.29) is 11.8 Å². The van der Waals surface area contributed by atoms with Crippen molar-refractivity contribution >= 4 is 11.8 Å². The number of carbonyl (C=O) groups excluding carboxylic acids is 2. The van der Waals surface area contributed by atoms with Crippen LogP contribution in [0.5, 0.6) is 0 Å². The van der Waals surface area contributed by atoms with Crippen LogP contribution in [0.25, 0.3) is 0 Å². The van der Waals surface area contributed by atoms with E-state index in [0.29, 0.717) is 19.4 Å². The lowest BCUT2D eigenvalue weighted by Gasteiger charge is -2.16. The van der Waals surface area contributed by atoms with Crippen molar-refractivity contribution in [1.29, 1.82) is 0 Å². The summed E-state index contributed by atoms with van der Waals surface area (Å²) in [5.41, 5.74) is 0. The van der Waals surface area contributed by atoms with E-state index in [4.69, 9.17) is 0 Å². The summed E-state index contributed by atoms with van der Waals surface area (Å²) in [6, 6.07) is 0. The zero-order valence-electron chi connectivity index (χ0n) is 28.0. The molecule has 0 bridgehead atoms. The van der Waals surface area contributed by atoms with Gasteiger partial charge in [0.25, 0.3) is 0 Å². The summed E-state index contributed by atoms with van der Waals surface area (Å²) in [5, 5.41) is 9.49. The van der Waals surface area contributed by atoms with Gasteiger partial charge in [0, 0.05) is 52.1 Å². The van der Waals surface area contributed by atoms with Crippen molar-refractivity contribution < 1.29 is 9.59 Å². The molecule has 0 aliphatic carbocycles. The highest BCUT2D eigenvalue weighted by Crippen LogP contribution is 2.12. The molecule has 0 saturated heterocycles. The number of rotatable bonds is 33. The fourth-order valence-electron chi connectivity index (χ4n) is 5.21. The van der Waals surface area contributed by atoms with Crippen molar-refractivity contribution in [2.24, 2.45) is 0 Å². The van der Waals surface area contributed by atoms with Gasteiger partial charge in [-0.05, 0) is 19.9 Å². The lowest BCUT2D eigenvalue weighted by atomic mass is 10.1. The van der Waals surface area contributed by atoms with Crippen molar-refractivity contribution in [1.82, 2.24) is 20.9 Å². The molecule has 3 N–H and O–H groups in total. The first kappa shape index (κ1) is 39.9. The maximum atomic E-state index is 12.1. The van der Waals surface area contributed by atoms with Crippen molar-refractivity contribution in [3.05, 3.63) is 0 Å². The molecule has 0 spiro atoms. The molecule has 0 saturated carbocycles. The molecular weight excluding hydrogens is 508 g/mol. The largest absolute Gasteiger partial charge is 0.356 e. The lowest BCUT2D eigenvalue weighted by molar-refractivity contribution is -0.122. The van der Waals surface area contributed by atoms with Crippen molar-refractivity contribution in [3.63, 3.8) is 0 Å². The molecule has 0 aromatic rings. The van der Waals surface area contributed by atoms with E-state index in [1.807, 2.05) is 0 Å². The van der Waals surface area contributed by atoms with E-state index in [2.05, 4.69) is 41.7 Å². The number of carbonyl (C=O) groups is 2. The molecule has 6 heteroatoms. The first-order valence-corrected chi connectivity index (χ1v) is 18.0. The Bertz CT molecular complexity index is 558. The Morgan fingerprint density at radius 2 is 0.805 bits per heavy atom. The van der Waals surface area contributed by atoms with Crippen molar-refractivity contribution in [2.75, 3.05) is 46.3 Å². The summed E-state index contributed by atoms with van der Waals surface area (Å²) < 4.78 is 0. The minimum atomic E-state index is 0.146. The third kappa shape index (κ3) is 33.2. The topological polar surface area (TPSA) is 73.5 Å². The highest BCUT2D eigenvalue weighted by molar-refractivity contribution is 5.76. The van der Waals surface area contributed by atoms with Crippen LogP contribution >= 0.6 is 0 Å². The van der Waals surface area contributed by atoms with E-state index < -0.39 is 0 Å². The zero-order chi connectivity index (χ0) is 30.1. The van der Waals surface area contributed by atoms with Gasteiger partial charge in [-0.3, -0.25) is 9.59 Å². The molecule has 0 aliphatic rings. The van der Waals surface area contributed by atoms with E-state index in [0.717, 1.165) is 45.6 Å². The summed E-state index contributed by atoms with van der Waals surface area (Å²) in [5.74, 6) is 0.304. The number of hydrogen-bond acceptors (Lipinski definition) is 4. The summed E-state index contributed by atoms with van der Waals surface area (Å²) in [7, 11) is 2.05. The van der Waals surface area contributed by atoms with E-state index in [1.165, 1.54) is 128 Å². The summed E-state index contributed by atoms with van der Waals surface area (Å²) in [6.45, 7) is 9.35. The Balaban J connectivity index is 3.37. The van der Waals surface area contributed by atoms with Crippen molar-refractivity contribution in [3.8, 4) is 0 Å². The molecule has 2 amide bonds. The van der Waals surface area contributed by atoms with Gasteiger partial charge in [-0.15, -0.1) is 0 Å². The Morgan fingerprint density at radius 1 is 0.439 bits per heavy atom. The molecule has 0 aromatic carbocycles. The van der Waals surface area contributed by atoms with E-state index >= 15 is 0 Å². The van der Waals surface area contributed by atoms with Crippen LogP contribution in [0.1, 0.15) is 168 Å². The van der Waals surface area contributed by atoms with Crippen LogP contribution in [0, 0.1) is 0 Å². The van der Waals surface area contributed by atoms with Crippen LogP contribution in [-0.4, -0.2) is 63.0 Å². The Labute approximate surface area is 256 Å². The monoisotopic (exact) mass is 581 g/mol. The second kappa shape index (κ2) is 33.4. The number of hydrogen-bond donors (Lipinski definition) is 3. The van der Waals surface area contributed by atoms with E-state index in [9.17, 15) is 9.59 Å². The molecule has 41 heavy (non-hydrogen) atoms. The zero-order valence-corrected chi connectivity index (χ0v) is 28.0. The van der Waals surface area contributed by atoms with Crippen LogP contribution in [0.3, 0.4) is 0 Å². The molecule has 0 aliphatic heterocycles. The second-order valence-electron chi connectivity index (χ2n) is 12.3. The van der Waals surface area contributed by atoms with Crippen LogP contribution in [-0.2, 0) is 9.59 Å². The molecular formula is C35H72N4O2. The van der Waals surface area contributed by atoms with Crippen molar-refractivity contribution in [2.45, 2.75) is 168 Å². The minimum Gasteiger partial charge on any atom is -0.356 e. The highest BCUT2D eigenvalue weighted by atomic mass is 16.2. The Hall–Kier alpha value is -1.14. The average molecular weight is 581 g/mol. The average Bonchev–Trinajstić information content (AvgIpc) is 2.97. The molecule has 0 fully saturated rings. The maximum absolute atomic E-state index is 12.1. The molecule has 0 radical (unpaired) electrons. The SMILES string of the molecule is CCCCCCCCCCCCCNC(=O)CCNCCN(C)CCC(=O)NCCCCCCCCCCCCC. The fraction of sp³-hybridized carbons (Fsp3) is 0.943. The molecule has 0 atom stereocenters. The number of likely N-dealkylation sites (N-methyl/N-ethyl adjacent to an activating group) is 1. The van der Waals surface area contributed by atoms with E-state index in [1.54, 1.807) is 0 Å². The number of nitrogens with zero attached hydrogens (tertiary/aromatic N) is 1. The summed E-state index contributed by atoms with van der Waals surface area (Å²) >= 11 is 0. The summed E-state index contributed by atoms with van der Waals surface area (Å²) in [6.07, 6.45) is 30.3. The van der Waals surface area contributed by atoms with Gasteiger partial charge >= 0.3 is 0 Å². The highest BCUT2D eigenvalue weighted by Gasteiger charge is 2.05. The van der Waals surface area contributed by atoms with Gasteiger partial charge in [-0.25, -0.2) is 0 Å². The number of unbranched alkanes of at least 4 members (excludes halogenated alkanes) is 20. The van der Waals surface area contributed by atoms with Gasteiger partial charge in [0.05, 0.1) is 0 Å². The third-order valence-electron chi connectivity index (χ3n) is 8.12. The second-order valence-corrected chi connectivity index (χ2v) is 12.3. The fourth-order valence-corrected chi connectivity index (χ4v) is 5.21. The third-order valence-corrected chi connectivity index (χ3v) is 8.12. The quantitative estimate of drug-likeness (QED) is 0.0685. The van der Waals surface area contributed by atoms with Crippen LogP contribution < -0.4 is 16.0 Å². The van der Waals surface area contributed by atoms with Crippen LogP contribution in [0.4, 0.5) is 0 Å². The van der Waals surface area contributed by atoms with Gasteiger partial charge in [-0.2, -0.15) is 0 Å². The normalized spacial score (nSPS) is 11.3. The molecule has 0 unspecified atom stereocenters. The predicted molar refractivity (Wildman–Crippen MR) is 179 cm³/mol. The van der Waals surface area contributed by atoms with Gasteiger partial charge in [-0.1, -0.05) is 142 Å². The van der Waals surface area contributed by atoms with Crippen LogP contribution in [0.2, 0.25) is 0 Å². The smallest absolute Gasteiger partial charge is 0.221 e. The predicted octanol–water partition coefficient (Wildman–Crippen LogP) is 8.14. The van der Waals surface area contributed by atoms with Gasteiger partial charge in [0.15, 0.2) is 0 Å². The summed E-state index contributed by atoms with van der Waals surface area (Å²) in [4.78, 5) is 26.3. The van der Waals surface area contributed by atoms with Gasteiger partial charge in [0.1, 0.15) is 0 Å². The minimum absolute atomic E-state index is 0.146. The van der Waals surface area contributed by atoms with Crippen LogP contribution in [0.15, 0.2) is 0 Å². The molecule has 0 aromatic heterocycles. The standard InChI is InChI=1S/C35H72N4O2/c1-4-6-8-10-12-14-16-18-20-22-24-28-37-34(40)26-30-36-31-33-39(3)32-27-35(41)38-29-25-23-21-19-17-15-13-11-9-7-5-2/h36H,4-33H2,1-3H3,(H,37,40)(H,38,41). The number of nitrogens with one attached hydrogen (secondary N) is 3. The Morgan fingerprint density at radius 3 is 1.22 bits per heavy atom. The molecule has 0 heterocycles. The molecule has 244 valence electrons. The lowest BCUT2D eigenvalue weighted by Crippen LogP contribution is -2.34. The number of amides is 2. The Kier molecular flexibility index (Phi) is 32.4. The first-order valence-electron chi connectivity index (χ1n) is 18.0.